The minimum Gasteiger partial charge on any atom is -0.444 e. The lowest BCUT2D eigenvalue weighted by Gasteiger charge is -2.10. The van der Waals surface area contributed by atoms with Crippen LogP contribution in [0.5, 0.6) is 0 Å². The van der Waals surface area contributed by atoms with Gasteiger partial charge in [0.05, 0.1) is 6.54 Å². The quantitative estimate of drug-likeness (QED) is 0.489. The van der Waals surface area contributed by atoms with Crippen LogP contribution in [0.1, 0.15) is 23.1 Å². The van der Waals surface area contributed by atoms with Crippen molar-refractivity contribution in [1.29, 1.82) is 0 Å². The number of aromatic nitrogens is 1. The van der Waals surface area contributed by atoms with Gasteiger partial charge >= 0.3 is 0 Å². The Bertz CT molecular complexity index is 822. The molecule has 0 aliphatic heterocycles. The number of nitrogens with one attached hydrogen (secondary N) is 2. The molecule has 0 aliphatic carbocycles. The highest BCUT2D eigenvalue weighted by Gasteiger charge is 2.07. The molecule has 0 spiro atoms. The minimum atomic E-state index is 0.476. The molecule has 1 aromatic carbocycles. The molecule has 5 nitrogen and oxygen atoms in total. The maximum absolute atomic E-state index is 5.59. The van der Waals surface area contributed by atoms with E-state index in [9.17, 15) is 0 Å². The summed E-state index contributed by atoms with van der Waals surface area (Å²) in [4.78, 5) is 10.5. The van der Waals surface area contributed by atoms with Crippen LogP contribution >= 0.6 is 11.3 Å². The third kappa shape index (κ3) is 5.20. The summed E-state index contributed by atoms with van der Waals surface area (Å²) in [5.41, 5.74) is 3.01. The Morgan fingerprint density at radius 3 is 2.77 bits per heavy atom. The molecule has 0 saturated carbocycles. The second kappa shape index (κ2) is 9.20. The number of aliphatic imine (C=N–C) groups is 1. The molecule has 2 N–H and O–H groups in total. The Balaban J connectivity index is 1.57. The molecule has 0 atom stereocenters. The van der Waals surface area contributed by atoms with E-state index in [0.29, 0.717) is 12.4 Å². The zero-order chi connectivity index (χ0) is 18.2. The third-order valence-electron chi connectivity index (χ3n) is 3.84. The second-order valence-electron chi connectivity index (χ2n) is 5.96. The highest BCUT2D eigenvalue weighted by Crippen LogP contribution is 2.19. The summed E-state index contributed by atoms with van der Waals surface area (Å²) in [5.74, 6) is 1.43. The molecule has 0 saturated heterocycles. The number of oxazole rings is 1. The van der Waals surface area contributed by atoms with Gasteiger partial charge in [-0.15, -0.1) is 11.3 Å². The molecule has 2 heterocycles. The van der Waals surface area contributed by atoms with Crippen LogP contribution in [-0.2, 0) is 13.0 Å². The first kappa shape index (κ1) is 18.2. The van der Waals surface area contributed by atoms with E-state index in [1.807, 2.05) is 12.1 Å². The lowest BCUT2D eigenvalue weighted by atomic mass is 10.1. The molecule has 2 aromatic heterocycles. The van der Waals surface area contributed by atoms with Gasteiger partial charge in [0.2, 0.25) is 5.89 Å². The van der Waals surface area contributed by atoms with Crippen LogP contribution in [0.2, 0.25) is 0 Å². The summed E-state index contributed by atoms with van der Waals surface area (Å²) in [7, 11) is 0. The SMILES string of the molecule is CCNC(=NCc1coc(-c2ccc(C)cc2)n1)NCCc1cccs1. The van der Waals surface area contributed by atoms with Crippen molar-refractivity contribution in [3.8, 4) is 11.5 Å². The first-order chi connectivity index (χ1) is 12.7. The Hall–Kier alpha value is -2.60. The van der Waals surface area contributed by atoms with Gasteiger partial charge in [0.1, 0.15) is 12.0 Å². The maximum atomic E-state index is 5.59. The topological polar surface area (TPSA) is 62.5 Å². The van der Waals surface area contributed by atoms with Gasteiger partial charge in [0.25, 0.3) is 0 Å². The van der Waals surface area contributed by atoms with Crippen molar-refractivity contribution < 1.29 is 4.42 Å². The fourth-order valence-corrected chi connectivity index (χ4v) is 3.18. The maximum Gasteiger partial charge on any atom is 0.226 e. The summed E-state index contributed by atoms with van der Waals surface area (Å²) in [6, 6.07) is 12.4. The Morgan fingerprint density at radius 2 is 2.04 bits per heavy atom. The first-order valence-corrected chi connectivity index (χ1v) is 9.68. The summed E-state index contributed by atoms with van der Waals surface area (Å²) in [6.45, 7) is 6.26. The van der Waals surface area contributed by atoms with Crippen LogP contribution in [0.4, 0.5) is 0 Å². The Labute approximate surface area is 158 Å². The molecule has 26 heavy (non-hydrogen) atoms. The van der Waals surface area contributed by atoms with E-state index in [0.717, 1.165) is 36.7 Å². The number of benzene rings is 1. The molecule has 0 amide bonds. The monoisotopic (exact) mass is 368 g/mol. The third-order valence-corrected chi connectivity index (χ3v) is 4.77. The molecule has 136 valence electrons. The number of hydrogen-bond acceptors (Lipinski definition) is 4. The van der Waals surface area contributed by atoms with E-state index in [1.165, 1.54) is 10.4 Å². The Morgan fingerprint density at radius 1 is 1.19 bits per heavy atom. The van der Waals surface area contributed by atoms with Crippen LogP contribution in [0.3, 0.4) is 0 Å². The van der Waals surface area contributed by atoms with E-state index in [4.69, 9.17) is 4.42 Å². The van der Waals surface area contributed by atoms with Gasteiger partial charge in [-0.05, 0) is 43.8 Å². The molecule has 0 fully saturated rings. The smallest absolute Gasteiger partial charge is 0.226 e. The fraction of sp³-hybridized carbons (Fsp3) is 0.300. The molecular weight excluding hydrogens is 344 g/mol. The van der Waals surface area contributed by atoms with Crippen molar-refractivity contribution in [2.45, 2.75) is 26.8 Å². The van der Waals surface area contributed by atoms with Gasteiger partial charge in [-0.2, -0.15) is 0 Å². The molecule has 6 heteroatoms. The predicted octanol–water partition coefficient (Wildman–Crippen LogP) is 4.01. The zero-order valence-electron chi connectivity index (χ0n) is 15.2. The van der Waals surface area contributed by atoms with Crippen molar-refractivity contribution in [3.05, 3.63) is 64.2 Å². The van der Waals surface area contributed by atoms with E-state index >= 15 is 0 Å². The van der Waals surface area contributed by atoms with Crippen LogP contribution < -0.4 is 10.6 Å². The largest absolute Gasteiger partial charge is 0.444 e. The highest BCUT2D eigenvalue weighted by atomic mass is 32.1. The number of nitrogens with zero attached hydrogens (tertiary/aromatic N) is 2. The molecule has 3 rings (SSSR count). The number of hydrogen-bond donors (Lipinski definition) is 2. The van der Waals surface area contributed by atoms with Crippen molar-refractivity contribution in [1.82, 2.24) is 15.6 Å². The van der Waals surface area contributed by atoms with E-state index in [-0.39, 0.29) is 0 Å². The van der Waals surface area contributed by atoms with Crippen LogP contribution in [-0.4, -0.2) is 24.0 Å². The van der Waals surface area contributed by atoms with Crippen LogP contribution in [0.15, 0.2) is 57.5 Å². The fourth-order valence-electron chi connectivity index (χ4n) is 2.47. The van der Waals surface area contributed by atoms with Gasteiger partial charge < -0.3 is 15.1 Å². The van der Waals surface area contributed by atoms with E-state index in [1.54, 1.807) is 17.6 Å². The highest BCUT2D eigenvalue weighted by molar-refractivity contribution is 7.09. The van der Waals surface area contributed by atoms with Crippen molar-refractivity contribution in [2.75, 3.05) is 13.1 Å². The van der Waals surface area contributed by atoms with E-state index in [2.05, 4.69) is 64.1 Å². The lowest BCUT2D eigenvalue weighted by molar-refractivity contribution is 0.572. The molecule has 0 unspecified atom stereocenters. The van der Waals surface area contributed by atoms with Crippen molar-refractivity contribution in [2.24, 2.45) is 4.99 Å². The zero-order valence-corrected chi connectivity index (χ0v) is 16.0. The van der Waals surface area contributed by atoms with Gasteiger partial charge in [-0.25, -0.2) is 9.98 Å². The molecular formula is C20H24N4OS. The predicted molar refractivity (Wildman–Crippen MR) is 108 cm³/mol. The average molecular weight is 369 g/mol. The number of guanidine groups is 1. The van der Waals surface area contributed by atoms with Gasteiger partial charge in [-0.1, -0.05) is 23.8 Å². The summed E-state index contributed by atoms with van der Waals surface area (Å²) >= 11 is 1.78. The lowest BCUT2D eigenvalue weighted by Crippen LogP contribution is -2.38. The molecule has 0 radical (unpaired) electrons. The molecule has 0 bridgehead atoms. The van der Waals surface area contributed by atoms with Gasteiger partial charge in [0, 0.05) is 23.5 Å². The first-order valence-electron chi connectivity index (χ1n) is 8.80. The van der Waals surface area contributed by atoms with E-state index < -0.39 is 0 Å². The van der Waals surface area contributed by atoms with Crippen LogP contribution in [0.25, 0.3) is 11.5 Å². The van der Waals surface area contributed by atoms with Gasteiger partial charge in [0.15, 0.2) is 5.96 Å². The summed E-state index contributed by atoms with van der Waals surface area (Å²) in [5, 5.41) is 8.72. The van der Waals surface area contributed by atoms with Crippen LogP contribution in [0, 0.1) is 6.92 Å². The summed E-state index contributed by atoms with van der Waals surface area (Å²) < 4.78 is 5.59. The van der Waals surface area contributed by atoms with Crippen molar-refractivity contribution >= 4 is 17.3 Å². The Kier molecular flexibility index (Phi) is 6.44. The molecule has 3 aromatic rings. The van der Waals surface area contributed by atoms with Crippen molar-refractivity contribution in [3.63, 3.8) is 0 Å². The second-order valence-corrected chi connectivity index (χ2v) is 6.99. The normalized spacial score (nSPS) is 11.5. The minimum absolute atomic E-state index is 0.476. The number of rotatable bonds is 7. The number of thiophene rings is 1. The summed E-state index contributed by atoms with van der Waals surface area (Å²) in [6.07, 6.45) is 2.66. The average Bonchev–Trinajstić information content (AvgIpc) is 3.32. The molecule has 0 aliphatic rings. The standard InChI is InChI=1S/C20H24N4OS/c1-3-21-20(22-11-10-18-5-4-12-26-18)23-13-17-14-25-19(24-17)16-8-6-15(2)7-9-16/h4-9,12,14H,3,10-11,13H2,1-2H3,(H2,21,22,23). The van der Waals surface area contributed by atoms with Gasteiger partial charge in [-0.3, -0.25) is 0 Å². The number of aryl methyl sites for hydroxylation is 1.